The van der Waals surface area contributed by atoms with Gasteiger partial charge in [0.25, 0.3) is 0 Å². The smallest absolute Gasteiger partial charge is 0.320 e. The maximum Gasteiger partial charge on any atom is 0.320 e. The molecule has 117 valence electrons. The molecule has 1 heterocycles. The number of thioether (sulfide) groups is 1. The van der Waals surface area contributed by atoms with Crippen molar-refractivity contribution >= 4 is 17.7 Å². The molecule has 0 bridgehead atoms. The molecule has 1 aliphatic rings. The summed E-state index contributed by atoms with van der Waals surface area (Å²) < 4.78 is 0. The van der Waals surface area contributed by atoms with Crippen molar-refractivity contribution < 1.29 is 9.90 Å². The van der Waals surface area contributed by atoms with Crippen LogP contribution in [0.25, 0.3) is 0 Å². The first-order valence-electron chi connectivity index (χ1n) is 6.28. The van der Waals surface area contributed by atoms with Crippen molar-refractivity contribution in [1.29, 1.82) is 0 Å². The largest absolute Gasteiger partial charge is 0.480 e. The van der Waals surface area contributed by atoms with Gasteiger partial charge in [0, 0.05) is 10.3 Å². The van der Waals surface area contributed by atoms with Crippen LogP contribution in [-0.4, -0.2) is 17.1 Å². The van der Waals surface area contributed by atoms with E-state index in [1.54, 1.807) is 11.8 Å². The Morgan fingerprint density at radius 2 is 2.10 bits per heavy atom. The van der Waals surface area contributed by atoms with Gasteiger partial charge in [-0.1, -0.05) is 37.8 Å². The first kappa shape index (κ1) is 15.8. The Balaban J connectivity index is 0.00000200. The average Bonchev–Trinajstić information content (AvgIpc) is 2.26. The summed E-state index contributed by atoms with van der Waals surface area (Å²) >= 11 is 1.69. The van der Waals surface area contributed by atoms with Crippen LogP contribution >= 0.6 is 11.8 Å². The third kappa shape index (κ3) is 2.83. The summed E-state index contributed by atoms with van der Waals surface area (Å²) in [5.74, 6) is -0.952. The number of hydrogen-bond donors (Lipinski definition) is 2. The number of allylic oxidation sites excluding steroid dienone is 1. The molecule has 0 aliphatic carbocycles. The van der Waals surface area contributed by atoms with Gasteiger partial charge in [0.15, 0.2) is 0 Å². The van der Waals surface area contributed by atoms with Crippen LogP contribution in [0.15, 0.2) is 28.5 Å². The third-order valence-corrected chi connectivity index (χ3v) is 4.26. The van der Waals surface area contributed by atoms with E-state index < -0.39 is 12.0 Å². The zero-order valence-corrected chi connectivity index (χ0v) is 14.7. The summed E-state index contributed by atoms with van der Waals surface area (Å²) in [4.78, 5) is 12.2. The molecule has 1 aromatic carbocycles. The Morgan fingerprint density at radius 3 is 2.70 bits per heavy atom. The monoisotopic (exact) mass is 539 g/mol. The number of carboxylic acids is 1. The van der Waals surface area contributed by atoms with E-state index in [1.807, 2.05) is 6.92 Å². The van der Waals surface area contributed by atoms with Gasteiger partial charge < -0.3 is 10.8 Å². The fraction of sp³-hybridized carbons (Fsp3) is 0.400. The average molecular weight is 539 g/mol. The van der Waals surface area contributed by atoms with Crippen LogP contribution in [0.3, 0.4) is 0 Å². The van der Waals surface area contributed by atoms with Gasteiger partial charge in [-0.25, -0.2) is 0 Å². The maximum absolute atomic E-state index is 11.0. The molecule has 1 atom stereocenters. The fourth-order valence-corrected chi connectivity index (χ4v) is 3.82. The SMILES string of the molecule is Cc1cc(C[C@@H](N)C(=O)O)c2c(c1)SC=CC2(C)C.[Lr]. The molecule has 0 fully saturated rings. The van der Waals surface area contributed by atoms with Crippen LogP contribution < -0.4 is 5.73 Å². The van der Waals surface area contributed by atoms with E-state index in [0.29, 0.717) is 6.42 Å². The predicted octanol–water partition coefficient (Wildman–Crippen LogP) is 2.85. The van der Waals surface area contributed by atoms with Gasteiger partial charge in [-0.15, -0.1) is 0 Å². The van der Waals surface area contributed by atoms with E-state index in [9.17, 15) is 4.79 Å². The third-order valence-electron chi connectivity index (χ3n) is 3.41. The number of benzene rings is 1. The van der Waals surface area contributed by atoms with Crippen molar-refractivity contribution in [2.24, 2.45) is 5.73 Å². The molecule has 5 heteroatoms. The van der Waals surface area contributed by atoms with E-state index >= 15 is 0 Å². The first-order chi connectivity index (χ1) is 8.81. The number of rotatable bonds is 3. The second kappa shape index (κ2) is 5.39. The number of aliphatic carboxylic acids is 1. The Bertz CT molecular complexity index is 555. The number of hydrogen-bond acceptors (Lipinski definition) is 3. The minimum atomic E-state index is -0.952. The predicted molar refractivity (Wildman–Crippen MR) is 78.5 cm³/mol. The van der Waals surface area contributed by atoms with Crippen molar-refractivity contribution in [1.82, 2.24) is 0 Å². The second-order valence-electron chi connectivity index (χ2n) is 5.59. The molecule has 3 N–H and O–H groups in total. The Kier molecular flexibility index (Phi) is 4.26. The van der Waals surface area contributed by atoms with Crippen molar-refractivity contribution in [3.8, 4) is 0 Å². The molecule has 0 aromatic heterocycles. The van der Waals surface area contributed by atoms with E-state index in [1.165, 1.54) is 10.5 Å². The number of carbonyl (C=O) groups is 1. The van der Waals surface area contributed by atoms with Crippen LogP contribution in [0.1, 0.15) is 30.5 Å². The Morgan fingerprint density at radius 1 is 1.45 bits per heavy atom. The summed E-state index contributed by atoms with van der Waals surface area (Å²) in [7, 11) is 0. The van der Waals surface area contributed by atoms with E-state index in [2.05, 4.69) is 37.5 Å². The molecule has 1 aromatic rings. The zero-order chi connectivity index (χ0) is 14.2. The molecule has 0 spiro atoms. The van der Waals surface area contributed by atoms with Gasteiger partial charge in [-0.3, -0.25) is 4.79 Å². The molecule has 2 rings (SSSR count). The molecule has 3 nitrogen and oxygen atoms in total. The number of fused-ring (bicyclic) bond motifs is 1. The summed E-state index contributed by atoms with van der Waals surface area (Å²) in [5.41, 5.74) is 9.02. The quantitative estimate of drug-likeness (QED) is 0.621. The minimum absolute atomic E-state index is 0. The number of nitrogens with two attached hydrogens (primary N) is 1. The summed E-state index contributed by atoms with van der Waals surface area (Å²) in [6.07, 6.45) is 2.53. The number of aryl methyl sites for hydroxylation is 1. The van der Waals surface area contributed by atoms with Crippen molar-refractivity contribution in [2.75, 3.05) is 0 Å². The minimum Gasteiger partial charge on any atom is -0.480 e. The van der Waals surface area contributed by atoms with E-state index in [-0.39, 0.29) is 5.41 Å². The fourth-order valence-electron chi connectivity index (χ4n) is 2.50. The topological polar surface area (TPSA) is 63.3 Å². The van der Waals surface area contributed by atoms with Crippen LogP contribution in [0, 0.1) is 6.92 Å². The summed E-state index contributed by atoms with van der Waals surface area (Å²) in [6.45, 7) is 6.32. The van der Waals surface area contributed by atoms with Crippen LogP contribution in [0.2, 0.25) is 0 Å². The standard InChI is InChI=1S/C15H19NO2S.Lr/c1-9-6-10(8-11(16)14(17)18)13-12(7-9)19-5-4-15(13,2)3;/h4-7,11H,8,16H2,1-3H3,(H,17,18);/t11-;/m1./s1. The molecule has 0 amide bonds. The molecule has 0 saturated heterocycles. The van der Waals surface area contributed by atoms with Gasteiger partial charge in [-0.2, -0.15) is 0 Å². The van der Waals surface area contributed by atoms with Gasteiger partial charge in [0.05, 0.1) is 0 Å². The van der Waals surface area contributed by atoms with Gasteiger partial charge in [-0.05, 0) is 41.5 Å². The van der Waals surface area contributed by atoms with Crippen LogP contribution in [0.4, 0.5) is 0 Å². The van der Waals surface area contributed by atoms with Gasteiger partial charge in [0.1, 0.15) is 6.04 Å². The summed E-state index contributed by atoms with van der Waals surface area (Å²) in [6, 6.07) is 3.36. The molecule has 0 saturated carbocycles. The molecule has 20 heavy (non-hydrogen) atoms. The van der Waals surface area contributed by atoms with Crippen molar-refractivity contribution in [2.45, 2.75) is 43.5 Å². The van der Waals surface area contributed by atoms with Crippen LogP contribution in [0.5, 0.6) is 0 Å². The van der Waals surface area contributed by atoms with Gasteiger partial charge in [0.2, 0.25) is 0 Å². The molecule has 0 unspecified atom stereocenters. The normalized spacial score (nSPS) is 17.0. The molecular weight excluding hydrogens is 520 g/mol. The van der Waals surface area contributed by atoms with Gasteiger partial charge >= 0.3 is 5.97 Å². The van der Waals surface area contributed by atoms with E-state index in [0.717, 1.165) is 11.1 Å². The molecule has 1 radical (unpaired) electrons. The Hall–Kier alpha value is -2.26. The second-order valence-corrected chi connectivity index (χ2v) is 6.54. The number of carboxylic acid groups (broad SMARTS) is 1. The summed E-state index contributed by atoms with van der Waals surface area (Å²) in [5, 5.41) is 11.1. The first-order valence-corrected chi connectivity index (χ1v) is 7.16. The van der Waals surface area contributed by atoms with Crippen LogP contribution in [-0.2, 0) is 16.6 Å². The Labute approximate surface area is 117 Å². The van der Waals surface area contributed by atoms with Crippen molar-refractivity contribution in [3.05, 3.63) is 40.3 Å². The molecule has 1 aliphatic heterocycles. The molecular formula is C15H19LrNO2S. The zero-order valence-electron chi connectivity index (χ0n) is 11.7. The maximum atomic E-state index is 11.0. The van der Waals surface area contributed by atoms with E-state index in [4.69, 9.17) is 10.8 Å². The van der Waals surface area contributed by atoms with Crippen molar-refractivity contribution in [3.63, 3.8) is 0 Å².